The van der Waals surface area contributed by atoms with Gasteiger partial charge in [-0.05, 0) is 42.1 Å². The first-order valence-electron chi connectivity index (χ1n) is 6.90. The van der Waals surface area contributed by atoms with Crippen molar-refractivity contribution in [3.8, 4) is 0 Å². The Bertz CT molecular complexity index is 494. The second kappa shape index (κ2) is 6.01. The molecule has 0 amide bonds. The van der Waals surface area contributed by atoms with Crippen molar-refractivity contribution in [1.82, 2.24) is 5.32 Å². The molecule has 2 unspecified atom stereocenters. The summed E-state index contributed by atoms with van der Waals surface area (Å²) in [6.07, 6.45) is 2.32. The van der Waals surface area contributed by atoms with E-state index in [-0.39, 0.29) is 0 Å². The Morgan fingerprint density at radius 3 is 2.50 bits per heavy atom. The maximum atomic E-state index is 3.42. The minimum absolute atomic E-state index is 0.601. The van der Waals surface area contributed by atoms with Crippen LogP contribution < -0.4 is 5.32 Å². The van der Waals surface area contributed by atoms with Crippen LogP contribution in [0.25, 0.3) is 10.8 Å². The Labute approximate surface area is 110 Å². The van der Waals surface area contributed by atoms with E-state index >= 15 is 0 Å². The third kappa shape index (κ3) is 2.73. The van der Waals surface area contributed by atoms with E-state index in [9.17, 15) is 0 Å². The maximum absolute atomic E-state index is 3.42. The molecule has 0 radical (unpaired) electrons. The van der Waals surface area contributed by atoms with Crippen LogP contribution >= 0.6 is 0 Å². The standard InChI is InChI=1S/C17H23N/c1-4-17(18-3)13(2)12-15-10-7-9-14-8-5-6-11-16(14)15/h5-11,13,17-18H,4,12H2,1-3H3. The summed E-state index contributed by atoms with van der Waals surface area (Å²) >= 11 is 0. The van der Waals surface area contributed by atoms with Gasteiger partial charge in [0.1, 0.15) is 0 Å². The number of fused-ring (bicyclic) bond motifs is 1. The van der Waals surface area contributed by atoms with Gasteiger partial charge in [-0.25, -0.2) is 0 Å². The summed E-state index contributed by atoms with van der Waals surface area (Å²) in [5.74, 6) is 0.658. The first-order chi connectivity index (χ1) is 8.76. The second-order valence-electron chi connectivity index (χ2n) is 5.12. The highest BCUT2D eigenvalue weighted by Crippen LogP contribution is 2.22. The highest BCUT2D eigenvalue weighted by molar-refractivity contribution is 5.85. The van der Waals surface area contributed by atoms with Gasteiger partial charge in [-0.1, -0.05) is 56.3 Å². The van der Waals surface area contributed by atoms with E-state index in [1.54, 1.807) is 0 Å². The number of rotatable bonds is 5. The summed E-state index contributed by atoms with van der Waals surface area (Å²) in [6.45, 7) is 4.59. The lowest BCUT2D eigenvalue weighted by Gasteiger charge is -2.22. The van der Waals surface area contributed by atoms with Crippen LogP contribution in [0.5, 0.6) is 0 Å². The first kappa shape index (κ1) is 13.1. The van der Waals surface area contributed by atoms with Crippen LogP contribution in [0.2, 0.25) is 0 Å². The summed E-state index contributed by atoms with van der Waals surface area (Å²) in [6, 6.07) is 15.9. The fourth-order valence-corrected chi connectivity index (χ4v) is 2.85. The Morgan fingerprint density at radius 1 is 1.06 bits per heavy atom. The minimum atomic E-state index is 0.601. The van der Waals surface area contributed by atoms with Crippen molar-refractivity contribution in [1.29, 1.82) is 0 Å². The predicted molar refractivity (Wildman–Crippen MR) is 80.0 cm³/mol. The van der Waals surface area contributed by atoms with Crippen molar-refractivity contribution < 1.29 is 0 Å². The molecule has 96 valence electrons. The second-order valence-corrected chi connectivity index (χ2v) is 5.12. The van der Waals surface area contributed by atoms with Crippen LogP contribution in [0.1, 0.15) is 25.8 Å². The van der Waals surface area contributed by atoms with Gasteiger partial charge in [0.2, 0.25) is 0 Å². The van der Waals surface area contributed by atoms with Crippen molar-refractivity contribution in [3.05, 3.63) is 48.0 Å². The number of hydrogen-bond acceptors (Lipinski definition) is 1. The molecule has 0 aromatic heterocycles. The summed E-state index contributed by atoms with van der Waals surface area (Å²) in [5.41, 5.74) is 1.47. The van der Waals surface area contributed by atoms with Gasteiger partial charge in [0.15, 0.2) is 0 Å². The third-order valence-electron chi connectivity index (χ3n) is 3.92. The van der Waals surface area contributed by atoms with Gasteiger partial charge >= 0.3 is 0 Å². The predicted octanol–water partition coefficient (Wildman–Crippen LogP) is 4.02. The molecule has 0 aliphatic heterocycles. The molecule has 0 saturated heterocycles. The molecule has 1 heteroatoms. The SMILES string of the molecule is CCC(NC)C(C)Cc1cccc2ccccc12. The molecule has 0 fully saturated rings. The molecule has 18 heavy (non-hydrogen) atoms. The molecule has 2 aromatic carbocycles. The summed E-state index contributed by atoms with van der Waals surface area (Å²) in [4.78, 5) is 0. The topological polar surface area (TPSA) is 12.0 Å². The van der Waals surface area contributed by atoms with Gasteiger partial charge in [0, 0.05) is 6.04 Å². The Kier molecular flexibility index (Phi) is 4.38. The van der Waals surface area contributed by atoms with Crippen molar-refractivity contribution in [3.63, 3.8) is 0 Å². The van der Waals surface area contributed by atoms with Crippen molar-refractivity contribution in [2.45, 2.75) is 32.7 Å². The molecule has 0 bridgehead atoms. The highest BCUT2D eigenvalue weighted by Gasteiger charge is 2.14. The third-order valence-corrected chi connectivity index (χ3v) is 3.92. The van der Waals surface area contributed by atoms with Crippen molar-refractivity contribution in [2.75, 3.05) is 7.05 Å². The van der Waals surface area contributed by atoms with Crippen molar-refractivity contribution >= 4 is 10.8 Å². The van der Waals surface area contributed by atoms with Gasteiger partial charge < -0.3 is 5.32 Å². The van der Waals surface area contributed by atoms with E-state index in [1.165, 1.54) is 22.8 Å². The van der Waals surface area contributed by atoms with E-state index in [2.05, 4.69) is 68.7 Å². The average molecular weight is 241 g/mol. The Balaban J connectivity index is 2.26. The molecular weight excluding hydrogens is 218 g/mol. The monoisotopic (exact) mass is 241 g/mol. The lowest BCUT2D eigenvalue weighted by Crippen LogP contribution is -2.32. The number of benzene rings is 2. The molecule has 0 saturated carbocycles. The zero-order valence-electron chi connectivity index (χ0n) is 11.6. The average Bonchev–Trinajstić information content (AvgIpc) is 2.40. The summed E-state index contributed by atoms with van der Waals surface area (Å²) in [7, 11) is 2.06. The highest BCUT2D eigenvalue weighted by atomic mass is 14.9. The van der Waals surface area contributed by atoms with Crippen LogP contribution in [-0.2, 0) is 6.42 Å². The lowest BCUT2D eigenvalue weighted by atomic mass is 9.90. The quantitative estimate of drug-likeness (QED) is 0.833. The fraction of sp³-hybridized carbons (Fsp3) is 0.412. The van der Waals surface area contributed by atoms with Crippen LogP contribution in [-0.4, -0.2) is 13.1 Å². The minimum Gasteiger partial charge on any atom is -0.317 e. The van der Waals surface area contributed by atoms with E-state index in [0.29, 0.717) is 12.0 Å². The summed E-state index contributed by atoms with van der Waals surface area (Å²) in [5, 5.41) is 6.17. The normalized spacial score (nSPS) is 14.6. The van der Waals surface area contributed by atoms with Crippen molar-refractivity contribution in [2.24, 2.45) is 5.92 Å². The molecule has 0 aliphatic carbocycles. The molecule has 1 nitrogen and oxygen atoms in total. The van der Waals surface area contributed by atoms with E-state index in [1.807, 2.05) is 0 Å². The zero-order valence-corrected chi connectivity index (χ0v) is 11.6. The maximum Gasteiger partial charge on any atom is 0.00902 e. The lowest BCUT2D eigenvalue weighted by molar-refractivity contribution is 0.387. The largest absolute Gasteiger partial charge is 0.317 e. The first-order valence-corrected chi connectivity index (χ1v) is 6.90. The van der Waals surface area contributed by atoms with Gasteiger partial charge in [-0.2, -0.15) is 0 Å². The smallest absolute Gasteiger partial charge is 0.00902 e. The van der Waals surface area contributed by atoms with Crippen LogP contribution in [0.15, 0.2) is 42.5 Å². The Hall–Kier alpha value is -1.34. The van der Waals surface area contributed by atoms with Gasteiger partial charge in [0.05, 0.1) is 0 Å². The van der Waals surface area contributed by atoms with E-state index in [0.717, 1.165) is 6.42 Å². The Morgan fingerprint density at radius 2 is 1.78 bits per heavy atom. The molecule has 2 aromatic rings. The van der Waals surface area contributed by atoms with Gasteiger partial charge in [-0.15, -0.1) is 0 Å². The van der Waals surface area contributed by atoms with E-state index in [4.69, 9.17) is 0 Å². The van der Waals surface area contributed by atoms with Gasteiger partial charge in [-0.3, -0.25) is 0 Å². The zero-order chi connectivity index (χ0) is 13.0. The summed E-state index contributed by atoms with van der Waals surface area (Å²) < 4.78 is 0. The number of hydrogen-bond donors (Lipinski definition) is 1. The van der Waals surface area contributed by atoms with E-state index < -0.39 is 0 Å². The fourth-order valence-electron chi connectivity index (χ4n) is 2.85. The van der Waals surface area contributed by atoms with Crippen LogP contribution in [0, 0.1) is 5.92 Å². The molecular formula is C17H23N. The van der Waals surface area contributed by atoms with Crippen LogP contribution in [0.4, 0.5) is 0 Å². The van der Waals surface area contributed by atoms with Crippen LogP contribution in [0.3, 0.4) is 0 Å². The molecule has 1 N–H and O–H groups in total. The molecule has 2 atom stereocenters. The molecule has 0 heterocycles. The van der Waals surface area contributed by atoms with Gasteiger partial charge in [0.25, 0.3) is 0 Å². The number of nitrogens with one attached hydrogen (secondary N) is 1. The molecule has 0 aliphatic rings. The molecule has 0 spiro atoms. The molecule has 2 rings (SSSR count).